The van der Waals surface area contributed by atoms with Gasteiger partial charge in [0.05, 0.1) is 12.9 Å². The molecular formula is C21H25NO2. The van der Waals surface area contributed by atoms with Crippen LogP contribution in [0.2, 0.25) is 0 Å². The molecule has 2 aromatic rings. The zero-order valence-corrected chi connectivity index (χ0v) is 14.3. The summed E-state index contributed by atoms with van der Waals surface area (Å²) in [5, 5.41) is 0. The second kappa shape index (κ2) is 6.76. The molecule has 126 valence electrons. The second-order valence-electron chi connectivity index (χ2n) is 6.79. The van der Waals surface area contributed by atoms with Gasteiger partial charge in [0.1, 0.15) is 11.5 Å². The van der Waals surface area contributed by atoms with E-state index in [1.54, 1.807) is 0 Å². The first-order valence-electron chi connectivity index (χ1n) is 9.12. The third kappa shape index (κ3) is 2.95. The fourth-order valence-corrected chi connectivity index (χ4v) is 3.73. The molecule has 4 heterocycles. The highest BCUT2D eigenvalue weighted by Crippen LogP contribution is 2.41. The van der Waals surface area contributed by atoms with Gasteiger partial charge in [0.25, 0.3) is 0 Å². The molecule has 5 rings (SSSR count). The molecule has 1 aromatic carbocycles. The fraction of sp³-hybridized carbons (Fsp3) is 0.429. The van der Waals surface area contributed by atoms with Crippen molar-refractivity contribution in [2.45, 2.75) is 32.6 Å². The number of benzene rings is 1. The fourth-order valence-electron chi connectivity index (χ4n) is 3.73. The van der Waals surface area contributed by atoms with E-state index in [1.807, 2.05) is 12.3 Å². The molecule has 2 bridgehead atoms. The topological polar surface area (TPSA) is 25.6 Å². The number of nitrogens with zero attached hydrogens (tertiary/aromatic N) is 1. The van der Waals surface area contributed by atoms with Crippen LogP contribution in [0.1, 0.15) is 38.4 Å². The van der Waals surface area contributed by atoms with Gasteiger partial charge in [0, 0.05) is 30.4 Å². The summed E-state index contributed by atoms with van der Waals surface area (Å²) in [6.07, 6.45) is 8.84. The Morgan fingerprint density at radius 1 is 1.21 bits per heavy atom. The largest absolute Gasteiger partial charge is 0.494 e. The lowest BCUT2D eigenvalue weighted by Crippen LogP contribution is -2.35. The maximum Gasteiger partial charge on any atom is 0.139 e. The molecule has 0 radical (unpaired) electrons. The summed E-state index contributed by atoms with van der Waals surface area (Å²) in [6, 6.07) is 10.5. The van der Waals surface area contributed by atoms with E-state index in [0.717, 1.165) is 31.0 Å². The zero-order valence-electron chi connectivity index (χ0n) is 14.3. The summed E-state index contributed by atoms with van der Waals surface area (Å²) in [5.41, 5.74) is 3.71. The first-order chi connectivity index (χ1) is 11.8. The summed E-state index contributed by atoms with van der Waals surface area (Å²) in [4.78, 5) is 2.42. The van der Waals surface area contributed by atoms with Crippen molar-refractivity contribution in [3.05, 3.63) is 48.6 Å². The van der Waals surface area contributed by atoms with Gasteiger partial charge in [-0.3, -0.25) is 0 Å². The van der Waals surface area contributed by atoms with Gasteiger partial charge in [-0.25, -0.2) is 0 Å². The van der Waals surface area contributed by atoms with E-state index in [1.165, 1.54) is 42.6 Å². The molecule has 24 heavy (non-hydrogen) atoms. The molecule has 0 atom stereocenters. The Morgan fingerprint density at radius 2 is 2.08 bits per heavy atom. The Hall–Kier alpha value is -2.16. The molecule has 1 aromatic heterocycles. The number of rotatable bonds is 6. The van der Waals surface area contributed by atoms with Crippen LogP contribution in [0.5, 0.6) is 5.75 Å². The van der Waals surface area contributed by atoms with Crippen LogP contribution in [-0.2, 0) is 0 Å². The molecule has 3 aliphatic heterocycles. The van der Waals surface area contributed by atoms with Crippen molar-refractivity contribution in [3.63, 3.8) is 0 Å². The number of piperidine rings is 1. The van der Waals surface area contributed by atoms with Crippen molar-refractivity contribution >= 4 is 5.57 Å². The summed E-state index contributed by atoms with van der Waals surface area (Å²) in [5.74, 6) is 2.62. The number of furan rings is 1. The molecule has 1 saturated heterocycles. The van der Waals surface area contributed by atoms with Crippen LogP contribution < -0.4 is 4.74 Å². The zero-order chi connectivity index (χ0) is 16.4. The Kier molecular flexibility index (Phi) is 4.33. The third-order valence-corrected chi connectivity index (χ3v) is 5.13. The lowest BCUT2D eigenvalue weighted by molar-refractivity contribution is 0.249. The Labute approximate surface area is 143 Å². The molecule has 0 unspecified atom stereocenters. The van der Waals surface area contributed by atoms with E-state index in [9.17, 15) is 0 Å². The average molecular weight is 323 g/mol. The van der Waals surface area contributed by atoms with Crippen LogP contribution in [0.4, 0.5) is 0 Å². The van der Waals surface area contributed by atoms with Crippen LogP contribution in [0.25, 0.3) is 16.7 Å². The van der Waals surface area contributed by atoms with Crippen LogP contribution in [0.15, 0.2) is 47.2 Å². The number of unbranched alkanes of at least 4 members (excludes halogenated alkanes) is 1. The molecule has 1 fully saturated rings. The number of ether oxygens (including phenoxy) is 1. The van der Waals surface area contributed by atoms with E-state index < -0.39 is 0 Å². The van der Waals surface area contributed by atoms with E-state index in [4.69, 9.17) is 9.15 Å². The number of fused-ring (bicyclic) bond motifs is 2. The molecule has 0 N–H and O–H groups in total. The summed E-state index contributed by atoms with van der Waals surface area (Å²) in [6.45, 7) is 5.33. The minimum absolute atomic E-state index is 0.642. The van der Waals surface area contributed by atoms with Crippen molar-refractivity contribution in [1.29, 1.82) is 0 Å². The van der Waals surface area contributed by atoms with Gasteiger partial charge in [-0.1, -0.05) is 25.5 Å². The van der Waals surface area contributed by atoms with Crippen molar-refractivity contribution in [2.75, 3.05) is 19.7 Å². The minimum Gasteiger partial charge on any atom is -0.494 e. The van der Waals surface area contributed by atoms with E-state index in [0.29, 0.717) is 5.92 Å². The van der Waals surface area contributed by atoms with Crippen LogP contribution >= 0.6 is 0 Å². The standard InChI is InChI=1S/C21H25NO2/c1-2-3-12-23-18-6-4-5-17(14-18)19-9-13-24-21(19)20-15-22-10-7-16(20)8-11-22/h4-6,9,13-16H,2-3,7-8,10-12H2,1H3. The first kappa shape index (κ1) is 15.4. The van der Waals surface area contributed by atoms with Crippen LogP contribution in [-0.4, -0.2) is 24.6 Å². The van der Waals surface area contributed by atoms with Gasteiger partial charge in [0.2, 0.25) is 0 Å². The van der Waals surface area contributed by atoms with E-state index in [-0.39, 0.29) is 0 Å². The number of allylic oxidation sites excluding steroid dienone is 1. The Bertz CT molecular complexity index is 723. The minimum atomic E-state index is 0.642. The van der Waals surface area contributed by atoms with Crippen LogP contribution in [0.3, 0.4) is 0 Å². The number of hydrogen-bond donors (Lipinski definition) is 0. The first-order valence-corrected chi connectivity index (χ1v) is 9.12. The summed E-state index contributed by atoms with van der Waals surface area (Å²) < 4.78 is 11.8. The van der Waals surface area contributed by atoms with Crippen molar-refractivity contribution < 1.29 is 9.15 Å². The predicted octanol–water partition coefficient (Wildman–Crippen LogP) is 5.19. The normalized spacial score (nSPS) is 17.2. The van der Waals surface area contributed by atoms with E-state index in [2.05, 4.69) is 42.3 Å². The number of hydrogen-bond acceptors (Lipinski definition) is 3. The van der Waals surface area contributed by atoms with Crippen molar-refractivity contribution in [2.24, 2.45) is 5.92 Å². The molecule has 0 spiro atoms. The molecule has 3 nitrogen and oxygen atoms in total. The predicted molar refractivity (Wildman–Crippen MR) is 96.8 cm³/mol. The SMILES string of the molecule is CCCCOc1cccc(-c2ccoc2C2=CN3CCC2CC3)c1. The smallest absolute Gasteiger partial charge is 0.139 e. The summed E-state index contributed by atoms with van der Waals surface area (Å²) in [7, 11) is 0. The molecule has 0 aliphatic carbocycles. The Morgan fingerprint density at radius 3 is 2.83 bits per heavy atom. The summed E-state index contributed by atoms with van der Waals surface area (Å²) >= 11 is 0. The molecule has 0 saturated carbocycles. The highest BCUT2D eigenvalue weighted by molar-refractivity contribution is 5.80. The van der Waals surface area contributed by atoms with Crippen molar-refractivity contribution in [1.82, 2.24) is 4.90 Å². The highest BCUT2D eigenvalue weighted by atomic mass is 16.5. The molecule has 3 heteroatoms. The quantitative estimate of drug-likeness (QED) is 0.684. The van der Waals surface area contributed by atoms with E-state index >= 15 is 0 Å². The van der Waals surface area contributed by atoms with Crippen LogP contribution in [0, 0.1) is 5.92 Å². The molecule has 3 aliphatic rings. The lowest BCUT2D eigenvalue weighted by Gasteiger charge is -2.38. The van der Waals surface area contributed by atoms with Crippen molar-refractivity contribution in [3.8, 4) is 16.9 Å². The molecule has 0 amide bonds. The van der Waals surface area contributed by atoms with Gasteiger partial charge in [0.15, 0.2) is 0 Å². The average Bonchev–Trinajstić information content (AvgIpc) is 3.13. The van der Waals surface area contributed by atoms with Gasteiger partial charge < -0.3 is 14.1 Å². The lowest BCUT2D eigenvalue weighted by atomic mass is 9.83. The van der Waals surface area contributed by atoms with Gasteiger partial charge in [-0.05, 0) is 48.9 Å². The Balaban J connectivity index is 1.62. The second-order valence-corrected chi connectivity index (χ2v) is 6.79. The highest BCUT2D eigenvalue weighted by Gasteiger charge is 2.30. The maximum atomic E-state index is 5.91. The van der Waals surface area contributed by atoms with Gasteiger partial charge >= 0.3 is 0 Å². The third-order valence-electron chi connectivity index (χ3n) is 5.13. The van der Waals surface area contributed by atoms with Gasteiger partial charge in [-0.15, -0.1) is 0 Å². The van der Waals surface area contributed by atoms with Gasteiger partial charge in [-0.2, -0.15) is 0 Å². The maximum absolute atomic E-state index is 5.91. The molecular weight excluding hydrogens is 298 g/mol. The monoisotopic (exact) mass is 323 g/mol.